The molecule has 2 aromatic carbocycles. The summed E-state index contributed by atoms with van der Waals surface area (Å²) < 4.78 is 5.63. The van der Waals surface area contributed by atoms with Crippen LogP contribution in [0.5, 0.6) is 5.75 Å². The van der Waals surface area contributed by atoms with Crippen LogP contribution in [0, 0.1) is 0 Å². The lowest BCUT2D eigenvalue weighted by molar-refractivity contribution is 0.0966. The Bertz CT molecular complexity index is 682. The highest BCUT2D eigenvalue weighted by atomic mass is 35.5. The Balaban J connectivity index is 1.85. The Morgan fingerprint density at radius 3 is 2.81 bits per heavy atom. The fourth-order valence-corrected chi connectivity index (χ4v) is 3.09. The summed E-state index contributed by atoms with van der Waals surface area (Å²) in [6.07, 6.45) is 1.25. The van der Waals surface area contributed by atoms with Crippen LogP contribution in [0.4, 0.5) is 0 Å². The summed E-state index contributed by atoms with van der Waals surface area (Å²) in [7, 11) is 0. The monoisotopic (exact) mass is 320 g/mol. The first-order valence-electron chi connectivity index (χ1n) is 6.85. The van der Waals surface area contributed by atoms with Crippen molar-refractivity contribution in [1.82, 2.24) is 0 Å². The fraction of sp³-hybridized carbons (Fsp3) is 0.235. The molecule has 0 fully saturated rings. The van der Waals surface area contributed by atoms with E-state index in [1.807, 2.05) is 24.3 Å². The number of Topliss-reactive ketones (excluding diaryl/α,β-unsaturated/α-hetero) is 1. The zero-order valence-electron chi connectivity index (χ0n) is 11.3. The Morgan fingerprint density at radius 1 is 1.14 bits per heavy atom. The molecule has 0 saturated carbocycles. The maximum atomic E-state index is 12.5. The maximum absolute atomic E-state index is 12.5. The molecule has 1 heterocycles. The van der Waals surface area contributed by atoms with E-state index in [0.29, 0.717) is 28.6 Å². The van der Waals surface area contributed by atoms with Gasteiger partial charge in [-0.05, 0) is 36.1 Å². The smallest absolute Gasteiger partial charge is 0.165 e. The van der Waals surface area contributed by atoms with Gasteiger partial charge in [0.2, 0.25) is 0 Å². The zero-order chi connectivity index (χ0) is 14.8. The molecule has 0 aromatic heterocycles. The van der Waals surface area contributed by atoms with Gasteiger partial charge in [-0.15, -0.1) is 0 Å². The van der Waals surface area contributed by atoms with Crippen LogP contribution in [0.25, 0.3) is 0 Å². The van der Waals surface area contributed by atoms with Crippen LogP contribution in [0.1, 0.15) is 34.7 Å². The van der Waals surface area contributed by atoms with Crippen LogP contribution in [0.3, 0.4) is 0 Å². The fourth-order valence-electron chi connectivity index (χ4n) is 2.68. The van der Waals surface area contributed by atoms with Crippen molar-refractivity contribution in [2.45, 2.75) is 18.8 Å². The molecule has 0 bridgehead atoms. The van der Waals surface area contributed by atoms with Crippen LogP contribution in [-0.2, 0) is 0 Å². The van der Waals surface area contributed by atoms with Gasteiger partial charge in [0, 0.05) is 12.0 Å². The summed E-state index contributed by atoms with van der Waals surface area (Å²) in [6.45, 7) is 0.637. The number of carbonyl (C=O) groups excluding carboxylic acids is 1. The number of benzene rings is 2. The van der Waals surface area contributed by atoms with E-state index in [4.69, 9.17) is 27.9 Å². The summed E-state index contributed by atoms with van der Waals surface area (Å²) in [5.41, 5.74) is 1.59. The molecule has 0 amide bonds. The minimum Gasteiger partial charge on any atom is -0.493 e. The van der Waals surface area contributed by atoms with Crippen molar-refractivity contribution in [3.8, 4) is 5.75 Å². The van der Waals surface area contributed by atoms with Crippen molar-refractivity contribution >= 4 is 29.0 Å². The Kier molecular flexibility index (Phi) is 4.18. The number of ketones is 1. The van der Waals surface area contributed by atoms with E-state index in [-0.39, 0.29) is 11.7 Å². The molecule has 0 N–H and O–H groups in total. The molecule has 2 aromatic rings. The van der Waals surface area contributed by atoms with Crippen molar-refractivity contribution in [3.63, 3.8) is 0 Å². The standard InChI is InChI=1S/C17H14Cl2O2/c18-14-6-3-5-13(17(14)19)15(20)10-11-8-9-21-16-7-2-1-4-12(11)16/h1-7,11H,8-10H2. The van der Waals surface area contributed by atoms with Crippen molar-refractivity contribution in [3.05, 3.63) is 63.6 Å². The molecule has 1 aliphatic heterocycles. The highest BCUT2D eigenvalue weighted by molar-refractivity contribution is 6.43. The number of para-hydroxylation sites is 1. The van der Waals surface area contributed by atoms with Gasteiger partial charge in [-0.1, -0.05) is 47.5 Å². The molecule has 21 heavy (non-hydrogen) atoms. The van der Waals surface area contributed by atoms with Crippen LogP contribution in [0.15, 0.2) is 42.5 Å². The second-order valence-corrected chi connectivity index (χ2v) is 5.89. The average Bonchev–Trinajstić information content (AvgIpc) is 2.50. The zero-order valence-corrected chi connectivity index (χ0v) is 12.8. The summed E-state index contributed by atoms with van der Waals surface area (Å²) in [4.78, 5) is 12.5. The van der Waals surface area contributed by atoms with E-state index in [1.54, 1.807) is 18.2 Å². The first-order valence-corrected chi connectivity index (χ1v) is 7.61. The Hall–Kier alpha value is -1.51. The van der Waals surface area contributed by atoms with Crippen LogP contribution in [-0.4, -0.2) is 12.4 Å². The Labute approximate surface area is 133 Å². The van der Waals surface area contributed by atoms with Gasteiger partial charge in [0.15, 0.2) is 5.78 Å². The van der Waals surface area contributed by atoms with Gasteiger partial charge in [0.25, 0.3) is 0 Å². The molecule has 0 radical (unpaired) electrons. The van der Waals surface area contributed by atoms with Crippen LogP contribution < -0.4 is 4.74 Å². The summed E-state index contributed by atoms with van der Waals surface area (Å²) in [5.74, 6) is 1.06. The van der Waals surface area contributed by atoms with Crippen molar-refractivity contribution in [2.75, 3.05) is 6.61 Å². The average molecular weight is 321 g/mol. The third kappa shape index (κ3) is 2.92. The van der Waals surface area contributed by atoms with E-state index in [1.165, 1.54) is 0 Å². The van der Waals surface area contributed by atoms with Gasteiger partial charge >= 0.3 is 0 Å². The SMILES string of the molecule is O=C(CC1CCOc2ccccc21)c1cccc(Cl)c1Cl. The first kappa shape index (κ1) is 14.4. The lowest BCUT2D eigenvalue weighted by Crippen LogP contribution is -2.17. The number of carbonyl (C=O) groups is 1. The molecule has 1 atom stereocenters. The van der Waals surface area contributed by atoms with E-state index in [9.17, 15) is 4.79 Å². The van der Waals surface area contributed by atoms with Gasteiger partial charge < -0.3 is 4.74 Å². The summed E-state index contributed by atoms with van der Waals surface area (Å²) in [5, 5.41) is 0.749. The molecular formula is C17H14Cl2O2. The van der Waals surface area contributed by atoms with Gasteiger partial charge in [-0.3, -0.25) is 4.79 Å². The minimum atomic E-state index is 0.0178. The molecule has 2 nitrogen and oxygen atoms in total. The highest BCUT2D eigenvalue weighted by Gasteiger charge is 2.25. The quantitative estimate of drug-likeness (QED) is 0.732. The molecule has 1 aliphatic rings. The van der Waals surface area contributed by atoms with Crippen molar-refractivity contribution in [2.24, 2.45) is 0 Å². The summed E-state index contributed by atoms with van der Waals surface area (Å²) >= 11 is 12.1. The normalized spacial score (nSPS) is 17.0. The number of ether oxygens (including phenoxy) is 1. The predicted octanol–water partition coefficient (Wildman–Crippen LogP) is 5.13. The van der Waals surface area contributed by atoms with Crippen molar-refractivity contribution in [1.29, 1.82) is 0 Å². The van der Waals surface area contributed by atoms with Crippen LogP contribution in [0.2, 0.25) is 10.0 Å². The molecule has 3 rings (SSSR count). The van der Waals surface area contributed by atoms with Gasteiger partial charge in [0.05, 0.1) is 16.7 Å². The van der Waals surface area contributed by atoms with E-state index < -0.39 is 0 Å². The number of hydrogen-bond donors (Lipinski definition) is 0. The third-order valence-electron chi connectivity index (χ3n) is 3.77. The number of fused-ring (bicyclic) bond motifs is 1. The maximum Gasteiger partial charge on any atom is 0.165 e. The first-order chi connectivity index (χ1) is 10.2. The third-order valence-corrected chi connectivity index (χ3v) is 4.59. The van der Waals surface area contributed by atoms with Gasteiger partial charge in [-0.2, -0.15) is 0 Å². The number of hydrogen-bond acceptors (Lipinski definition) is 2. The molecule has 4 heteroatoms. The lowest BCUT2D eigenvalue weighted by atomic mass is 9.87. The molecular weight excluding hydrogens is 307 g/mol. The largest absolute Gasteiger partial charge is 0.493 e. The van der Waals surface area contributed by atoms with E-state index in [0.717, 1.165) is 17.7 Å². The molecule has 0 aliphatic carbocycles. The van der Waals surface area contributed by atoms with Gasteiger partial charge in [0.1, 0.15) is 5.75 Å². The predicted molar refractivity (Wildman–Crippen MR) is 84.7 cm³/mol. The van der Waals surface area contributed by atoms with Crippen molar-refractivity contribution < 1.29 is 9.53 Å². The van der Waals surface area contributed by atoms with Crippen LogP contribution >= 0.6 is 23.2 Å². The minimum absolute atomic E-state index is 0.0178. The van der Waals surface area contributed by atoms with Gasteiger partial charge in [-0.25, -0.2) is 0 Å². The second-order valence-electron chi connectivity index (χ2n) is 5.10. The number of halogens is 2. The van der Waals surface area contributed by atoms with E-state index >= 15 is 0 Å². The second kappa shape index (κ2) is 6.08. The van der Waals surface area contributed by atoms with E-state index in [2.05, 4.69) is 0 Å². The highest BCUT2D eigenvalue weighted by Crippen LogP contribution is 2.37. The Morgan fingerprint density at radius 2 is 1.95 bits per heavy atom. The molecule has 0 spiro atoms. The summed E-state index contributed by atoms with van der Waals surface area (Å²) in [6, 6.07) is 13.0. The molecule has 108 valence electrons. The topological polar surface area (TPSA) is 26.3 Å². The molecule has 1 unspecified atom stereocenters. The number of rotatable bonds is 3. The lowest BCUT2D eigenvalue weighted by Gasteiger charge is -2.25. The molecule has 0 saturated heterocycles.